The van der Waals surface area contributed by atoms with Crippen LogP contribution in [0.3, 0.4) is 0 Å². The van der Waals surface area contributed by atoms with Crippen LogP contribution in [0.5, 0.6) is 5.75 Å². The topological polar surface area (TPSA) is 15.7 Å². The van der Waals surface area contributed by atoms with Crippen molar-refractivity contribution in [2.45, 2.75) is 13.3 Å². The van der Waals surface area contributed by atoms with Crippen molar-refractivity contribution in [2.24, 2.45) is 0 Å². The Hall–Kier alpha value is -1.06. The maximum atomic E-state index is 5.70. The fourth-order valence-corrected chi connectivity index (χ4v) is 2.32. The van der Waals surface area contributed by atoms with Crippen molar-refractivity contribution in [1.29, 1.82) is 0 Å². The summed E-state index contributed by atoms with van der Waals surface area (Å²) in [5.41, 5.74) is 0. The zero-order valence-corrected chi connectivity index (χ0v) is 11.3. The summed E-state index contributed by atoms with van der Waals surface area (Å²) in [6.45, 7) is 10.3. The molecule has 1 aromatic carbocycles. The minimum Gasteiger partial charge on any atom is -0.494 e. The Labute approximate surface area is 110 Å². The summed E-state index contributed by atoms with van der Waals surface area (Å²) in [5.74, 6) is 0.980. The monoisotopic (exact) mass is 248 g/mol. The molecule has 100 valence electrons. The second kappa shape index (κ2) is 7.39. The van der Waals surface area contributed by atoms with Gasteiger partial charge in [0.25, 0.3) is 0 Å². The second-order valence-electron chi connectivity index (χ2n) is 4.79. The number of hydrogen-bond acceptors (Lipinski definition) is 3. The van der Waals surface area contributed by atoms with Gasteiger partial charge in [-0.1, -0.05) is 25.1 Å². The first-order valence-corrected chi connectivity index (χ1v) is 7.01. The Morgan fingerprint density at radius 2 is 1.67 bits per heavy atom. The summed E-state index contributed by atoms with van der Waals surface area (Å²) in [4.78, 5) is 5.05. The molecule has 0 aliphatic carbocycles. The van der Waals surface area contributed by atoms with Crippen LogP contribution in [0.1, 0.15) is 13.3 Å². The summed E-state index contributed by atoms with van der Waals surface area (Å²) >= 11 is 0. The predicted octanol–water partition coefficient (Wildman–Crippen LogP) is 2.09. The molecule has 1 aromatic rings. The molecule has 0 saturated carbocycles. The molecule has 0 atom stereocenters. The lowest BCUT2D eigenvalue weighted by Gasteiger charge is -2.33. The van der Waals surface area contributed by atoms with Gasteiger partial charge in [-0.25, -0.2) is 0 Å². The van der Waals surface area contributed by atoms with Gasteiger partial charge in [0, 0.05) is 32.7 Å². The molecule has 0 amide bonds. The lowest BCUT2D eigenvalue weighted by molar-refractivity contribution is 0.130. The van der Waals surface area contributed by atoms with Crippen molar-refractivity contribution >= 4 is 0 Å². The highest BCUT2D eigenvalue weighted by Crippen LogP contribution is 2.09. The molecule has 0 aromatic heterocycles. The Bertz CT molecular complexity index is 321. The first-order valence-electron chi connectivity index (χ1n) is 7.01. The fourth-order valence-electron chi connectivity index (χ4n) is 2.32. The van der Waals surface area contributed by atoms with E-state index < -0.39 is 0 Å². The number of rotatable bonds is 6. The molecule has 0 spiro atoms. The largest absolute Gasteiger partial charge is 0.494 e. The summed E-state index contributed by atoms with van der Waals surface area (Å²) in [6, 6.07) is 10.1. The first-order chi connectivity index (χ1) is 8.88. The van der Waals surface area contributed by atoms with E-state index in [9.17, 15) is 0 Å². The van der Waals surface area contributed by atoms with Crippen LogP contribution in [0.4, 0.5) is 0 Å². The third kappa shape index (κ3) is 4.31. The van der Waals surface area contributed by atoms with Gasteiger partial charge in [0.15, 0.2) is 0 Å². The standard InChI is InChI=1S/C15H24N2O/c1-2-16-10-12-17(13-11-16)9-6-14-18-15-7-4-3-5-8-15/h3-5,7-8H,2,6,9-14H2,1H3. The van der Waals surface area contributed by atoms with Crippen LogP contribution in [0.15, 0.2) is 30.3 Å². The summed E-state index contributed by atoms with van der Waals surface area (Å²) < 4.78 is 5.70. The van der Waals surface area contributed by atoms with Gasteiger partial charge >= 0.3 is 0 Å². The normalized spacial score (nSPS) is 17.8. The van der Waals surface area contributed by atoms with E-state index >= 15 is 0 Å². The van der Waals surface area contributed by atoms with Gasteiger partial charge < -0.3 is 14.5 Å². The summed E-state index contributed by atoms with van der Waals surface area (Å²) in [6.07, 6.45) is 1.11. The molecule has 18 heavy (non-hydrogen) atoms. The zero-order valence-electron chi connectivity index (χ0n) is 11.3. The van der Waals surface area contributed by atoms with Crippen molar-refractivity contribution < 1.29 is 4.74 Å². The number of hydrogen-bond donors (Lipinski definition) is 0. The van der Waals surface area contributed by atoms with Gasteiger partial charge in [0.2, 0.25) is 0 Å². The van der Waals surface area contributed by atoms with Crippen molar-refractivity contribution in [3.63, 3.8) is 0 Å². The van der Waals surface area contributed by atoms with E-state index in [1.54, 1.807) is 0 Å². The van der Waals surface area contributed by atoms with Crippen LogP contribution >= 0.6 is 0 Å². The molecule has 1 saturated heterocycles. The third-order valence-electron chi connectivity index (χ3n) is 3.54. The van der Waals surface area contributed by atoms with Crippen LogP contribution in [0, 0.1) is 0 Å². The highest BCUT2D eigenvalue weighted by atomic mass is 16.5. The van der Waals surface area contributed by atoms with Crippen molar-refractivity contribution in [3.05, 3.63) is 30.3 Å². The molecule has 2 rings (SSSR count). The minimum absolute atomic E-state index is 0.817. The van der Waals surface area contributed by atoms with E-state index in [0.717, 1.165) is 25.3 Å². The number of benzene rings is 1. The van der Waals surface area contributed by atoms with Crippen LogP contribution in [0.2, 0.25) is 0 Å². The Morgan fingerprint density at radius 1 is 1.00 bits per heavy atom. The molecule has 0 radical (unpaired) electrons. The van der Waals surface area contributed by atoms with E-state index in [1.807, 2.05) is 30.3 Å². The van der Waals surface area contributed by atoms with Gasteiger partial charge in [-0.3, -0.25) is 0 Å². The third-order valence-corrected chi connectivity index (χ3v) is 3.54. The number of nitrogens with zero attached hydrogens (tertiary/aromatic N) is 2. The average Bonchev–Trinajstić information content (AvgIpc) is 2.45. The van der Waals surface area contributed by atoms with Crippen LogP contribution in [-0.2, 0) is 0 Å². The van der Waals surface area contributed by atoms with E-state index in [4.69, 9.17) is 4.74 Å². The molecule has 1 heterocycles. The number of para-hydroxylation sites is 1. The lowest BCUT2D eigenvalue weighted by Crippen LogP contribution is -2.46. The van der Waals surface area contributed by atoms with Gasteiger partial charge in [-0.2, -0.15) is 0 Å². The van der Waals surface area contributed by atoms with Crippen LogP contribution in [-0.4, -0.2) is 55.7 Å². The van der Waals surface area contributed by atoms with Crippen LogP contribution in [0.25, 0.3) is 0 Å². The molecule has 0 bridgehead atoms. The quantitative estimate of drug-likeness (QED) is 0.717. The predicted molar refractivity (Wildman–Crippen MR) is 75.1 cm³/mol. The van der Waals surface area contributed by atoms with Crippen molar-refractivity contribution in [3.8, 4) is 5.75 Å². The first kappa shape index (κ1) is 13.4. The average molecular weight is 248 g/mol. The van der Waals surface area contributed by atoms with Gasteiger partial charge in [0.05, 0.1) is 6.61 Å². The zero-order chi connectivity index (χ0) is 12.6. The van der Waals surface area contributed by atoms with Gasteiger partial charge in [-0.15, -0.1) is 0 Å². The van der Waals surface area contributed by atoms with E-state index in [0.29, 0.717) is 0 Å². The summed E-state index contributed by atoms with van der Waals surface area (Å²) in [7, 11) is 0. The van der Waals surface area contributed by atoms with Gasteiger partial charge in [0.1, 0.15) is 5.75 Å². The smallest absolute Gasteiger partial charge is 0.119 e. The van der Waals surface area contributed by atoms with Crippen molar-refractivity contribution in [2.75, 3.05) is 45.9 Å². The second-order valence-corrected chi connectivity index (χ2v) is 4.79. The molecular weight excluding hydrogens is 224 g/mol. The molecule has 1 aliphatic rings. The maximum absolute atomic E-state index is 5.70. The summed E-state index contributed by atoms with van der Waals surface area (Å²) in [5, 5.41) is 0. The number of piperazine rings is 1. The Morgan fingerprint density at radius 3 is 2.33 bits per heavy atom. The highest BCUT2D eigenvalue weighted by molar-refractivity contribution is 5.20. The van der Waals surface area contributed by atoms with E-state index in [1.165, 1.54) is 32.7 Å². The SMILES string of the molecule is CCN1CCN(CCCOc2ccccc2)CC1. The van der Waals surface area contributed by atoms with Crippen LogP contribution < -0.4 is 4.74 Å². The molecule has 1 aliphatic heterocycles. The maximum Gasteiger partial charge on any atom is 0.119 e. The van der Waals surface area contributed by atoms with E-state index in [-0.39, 0.29) is 0 Å². The molecule has 0 unspecified atom stereocenters. The minimum atomic E-state index is 0.817. The van der Waals surface area contributed by atoms with Gasteiger partial charge in [-0.05, 0) is 25.1 Å². The van der Waals surface area contributed by atoms with Crippen molar-refractivity contribution in [1.82, 2.24) is 9.80 Å². The Balaban J connectivity index is 1.56. The highest BCUT2D eigenvalue weighted by Gasteiger charge is 2.14. The number of likely N-dealkylation sites (N-methyl/N-ethyl adjacent to an activating group) is 1. The number of ether oxygens (including phenoxy) is 1. The fraction of sp³-hybridized carbons (Fsp3) is 0.600. The molecule has 3 nitrogen and oxygen atoms in total. The molecule has 1 fully saturated rings. The lowest BCUT2D eigenvalue weighted by atomic mass is 10.3. The molecular formula is C15H24N2O. The molecule has 0 N–H and O–H groups in total. The molecule has 3 heteroatoms. The Kier molecular flexibility index (Phi) is 5.49. The van der Waals surface area contributed by atoms with E-state index in [2.05, 4.69) is 16.7 Å².